The number of hydrogen-bond acceptors (Lipinski definition) is 5. The lowest BCUT2D eigenvalue weighted by Gasteiger charge is -2.03. The monoisotopic (exact) mass is 322 g/mol. The number of nitrogens with one attached hydrogen (secondary N) is 1. The predicted molar refractivity (Wildman–Crippen MR) is 80.1 cm³/mol. The average molecular weight is 323 g/mol. The summed E-state index contributed by atoms with van der Waals surface area (Å²) in [5, 5.41) is 12.3. The van der Waals surface area contributed by atoms with Crippen molar-refractivity contribution in [2.45, 2.75) is 5.75 Å². The van der Waals surface area contributed by atoms with E-state index in [2.05, 4.69) is 5.32 Å². The van der Waals surface area contributed by atoms with E-state index in [1.807, 2.05) is 0 Å². The van der Waals surface area contributed by atoms with Crippen LogP contribution in [0.3, 0.4) is 0 Å². The molecule has 0 unspecified atom stereocenters. The third kappa shape index (κ3) is 4.12. The molecule has 0 amide bonds. The van der Waals surface area contributed by atoms with Crippen molar-refractivity contribution in [2.75, 3.05) is 5.32 Å². The standard InChI is InChI=1S/C14H11ClN2O3S/c15-11-3-5-12(6-4-11)17-9-14(8-16)21(18,19)10-13-2-1-7-20-13/h1-7,9,17H,10H2/b14-9-. The summed E-state index contributed by atoms with van der Waals surface area (Å²) in [5.41, 5.74) is 0.625. The number of rotatable bonds is 5. The normalized spacial score (nSPS) is 11.9. The number of benzene rings is 1. The van der Waals surface area contributed by atoms with E-state index in [4.69, 9.17) is 21.3 Å². The molecule has 0 aliphatic carbocycles. The van der Waals surface area contributed by atoms with Crippen LogP contribution in [0, 0.1) is 11.3 Å². The van der Waals surface area contributed by atoms with E-state index in [0.717, 1.165) is 6.20 Å². The third-order valence-corrected chi connectivity index (χ3v) is 4.37. The van der Waals surface area contributed by atoms with Crippen LogP contribution in [0.4, 0.5) is 5.69 Å². The molecule has 0 saturated heterocycles. The van der Waals surface area contributed by atoms with Crippen LogP contribution in [0.15, 0.2) is 58.2 Å². The van der Waals surface area contributed by atoms with Crippen molar-refractivity contribution in [3.63, 3.8) is 0 Å². The van der Waals surface area contributed by atoms with Crippen LogP contribution in [0.2, 0.25) is 5.02 Å². The molecule has 5 nitrogen and oxygen atoms in total. The Hall–Kier alpha value is -2.23. The van der Waals surface area contributed by atoms with E-state index < -0.39 is 9.84 Å². The van der Waals surface area contributed by atoms with Gasteiger partial charge in [-0.25, -0.2) is 8.42 Å². The van der Waals surface area contributed by atoms with Gasteiger partial charge in [0, 0.05) is 16.9 Å². The summed E-state index contributed by atoms with van der Waals surface area (Å²) in [5.74, 6) is -0.0792. The van der Waals surface area contributed by atoms with Crippen molar-refractivity contribution in [2.24, 2.45) is 0 Å². The smallest absolute Gasteiger partial charge is 0.197 e. The lowest BCUT2D eigenvalue weighted by molar-refractivity contribution is 0.522. The Labute approximate surface area is 127 Å². The van der Waals surface area contributed by atoms with Gasteiger partial charge in [0.1, 0.15) is 17.6 Å². The van der Waals surface area contributed by atoms with Crippen LogP contribution in [0.1, 0.15) is 5.76 Å². The van der Waals surface area contributed by atoms with Crippen LogP contribution in [0.25, 0.3) is 0 Å². The van der Waals surface area contributed by atoms with Gasteiger partial charge in [-0.1, -0.05) is 11.6 Å². The average Bonchev–Trinajstić information content (AvgIpc) is 2.93. The Morgan fingerprint density at radius 2 is 2.05 bits per heavy atom. The van der Waals surface area contributed by atoms with E-state index in [0.29, 0.717) is 10.7 Å². The summed E-state index contributed by atoms with van der Waals surface area (Å²) >= 11 is 5.75. The molecule has 0 bridgehead atoms. The number of anilines is 1. The molecule has 2 rings (SSSR count). The first-order valence-corrected chi connectivity index (χ1v) is 7.92. The minimum Gasteiger partial charge on any atom is -0.468 e. The zero-order chi connectivity index (χ0) is 15.3. The van der Waals surface area contributed by atoms with Gasteiger partial charge < -0.3 is 9.73 Å². The summed E-state index contributed by atoms with van der Waals surface area (Å²) < 4.78 is 29.2. The number of halogens is 1. The van der Waals surface area contributed by atoms with Crippen LogP contribution in [-0.2, 0) is 15.6 Å². The molecule has 108 valence electrons. The fraction of sp³-hybridized carbons (Fsp3) is 0.0714. The highest BCUT2D eigenvalue weighted by Gasteiger charge is 2.20. The SMILES string of the molecule is N#C/C(=C/Nc1ccc(Cl)cc1)S(=O)(=O)Cc1ccco1. The molecule has 0 aliphatic heterocycles. The van der Waals surface area contributed by atoms with E-state index >= 15 is 0 Å². The molecular formula is C14H11ClN2O3S. The van der Waals surface area contributed by atoms with Crippen molar-refractivity contribution >= 4 is 27.1 Å². The summed E-state index contributed by atoms with van der Waals surface area (Å²) in [6, 6.07) is 11.5. The van der Waals surface area contributed by atoms with Crippen LogP contribution in [-0.4, -0.2) is 8.42 Å². The molecule has 0 radical (unpaired) electrons. The number of hydrogen-bond donors (Lipinski definition) is 1. The molecule has 0 atom stereocenters. The quantitative estimate of drug-likeness (QED) is 0.854. The summed E-state index contributed by atoms with van der Waals surface area (Å²) in [6.07, 6.45) is 2.54. The van der Waals surface area contributed by atoms with Gasteiger partial charge in [-0.3, -0.25) is 0 Å². The number of furan rings is 1. The summed E-state index contributed by atoms with van der Waals surface area (Å²) in [4.78, 5) is -0.367. The Kier molecular flexibility index (Phi) is 4.68. The molecule has 2 aromatic rings. The van der Waals surface area contributed by atoms with E-state index in [1.165, 1.54) is 6.26 Å². The maximum absolute atomic E-state index is 12.1. The van der Waals surface area contributed by atoms with E-state index in [9.17, 15) is 8.42 Å². The highest BCUT2D eigenvalue weighted by Crippen LogP contribution is 2.17. The Balaban J connectivity index is 2.16. The minimum atomic E-state index is -3.76. The van der Waals surface area contributed by atoms with Gasteiger partial charge >= 0.3 is 0 Å². The molecule has 1 aromatic carbocycles. The van der Waals surface area contributed by atoms with Crippen LogP contribution in [0.5, 0.6) is 0 Å². The number of nitriles is 1. The van der Waals surface area contributed by atoms with Crippen molar-refractivity contribution in [3.8, 4) is 6.07 Å². The van der Waals surface area contributed by atoms with Gasteiger partial charge in [0.2, 0.25) is 0 Å². The lowest BCUT2D eigenvalue weighted by atomic mass is 10.3. The minimum absolute atomic E-state index is 0.280. The third-order valence-electron chi connectivity index (χ3n) is 2.57. The maximum Gasteiger partial charge on any atom is 0.197 e. The highest BCUT2D eigenvalue weighted by molar-refractivity contribution is 7.94. The first kappa shape index (κ1) is 15.2. The van der Waals surface area contributed by atoms with Crippen LogP contribution >= 0.6 is 11.6 Å². The lowest BCUT2D eigenvalue weighted by Crippen LogP contribution is -2.07. The second kappa shape index (κ2) is 6.48. The van der Waals surface area contributed by atoms with E-state index in [-0.39, 0.29) is 16.4 Å². The second-order valence-corrected chi connectivity index (χ2v) is 6.50. The van der Waals surface area contributed by atoms with Crippen molar-refractivity contribution in [3.05, 3.63) is 64.5 Å². The summed E-state index contributed by atoms with van der Waals surface area (Å²) in [6.45, 7) is 0. The Morgan fingerprint density at radius 3 is 2.62 bits per heavy atom. The second-order valence-electron chi connectivity index (χ2n) is 4.11. The Bertz CT molecular complexity index is 773. The number of allylic oxidation sites excluding steroid dienone is 1. The van der Waals surface area contributed by atoms with Gasteiger partial charge in [0.15, 0.2) is 14.7 Å². The zero-order valence-electron chi connectivity index (χ0n) is 10.8. The van der Waals surface area contributed by atoms with Gasteiger partial charge in [-0.15, -0.1) is 0 Å². The first-order valence-electron chi connectivity index (χ1n) is 5.89. The topological polar surface area (TPSA) is 83.1 Å². The van der Waals surface area contributed by atoms with Crippen LogP contribution < -0.4 is 5.32 Å². The molecule has 0 aliphatic rings. The van der Waals surface area contributed by atoms with Crippen molar-refractivity contribution in [1.82, 2.24) is 0 Å². The van der Waals surface area contributed by atoms with E-state index in [1.54, 1.807) is 42.5 Å². The molecule has 0 spiro atoms. The zero-order valence-corrected chi connectivity index (χ0v) is 12.4. The maximum atomic E-state index is 12.1. The van der Waals surface area contributed by atoms with Gasteiger partial charge in [-0.2, -0.15) is 5.26 Å². The molecular weight excluding hydrogens is 312 g/mol. The molecule has 0 fully saturated rings. The first-order chi connectivity index (χ1) is 10.0. The molecule has 7 heteroatoms. The number of sulfone groups is 1. The molecule has 21 heavy (non-hydrogen) atoms. The van der Waals surface area contributed by atoms with Crippen molar-refractivity contribution in [1.29, 1.82) is 5.26 Å². The molecule has 1 heterocycles. The predicted octanol–water partition coefficient (Wildman–Crippen LogP) is 3.32. The molecule has 0 saturated carbocycles. The van der Waals surface area contributed by atoms with Crippen molar-refractivity contribution < 1.29 is 12.8 Å². The molecule has 1 aromatic heterocycles. The summed E-state index contributed by atoms with van der Waals surface area (Å²) in [7, 11) is -3.76. The Morgan fingerprint density at radius 1 is 1.33 bits per heavy atom. The molecule has 1 N–H and O–H groups in total. The number of nitrogens with zero attached hydrogens (tertiary/aromatic N) is 1. The fourth-order valence-corrected chi connectivity index (χ4v) is 2.74. The van der Waals surface area contributed by atoms with Gasteiger partial charge in [0.25, 0.3) is 0 Å². The largest absolute Gasteiger partial charge is 0.468 e. The fourth-order valence-electron chi connectivity index (χ4n) is 1.55. The van der Waals surface area contributed by atoms with Gasteiger partial charge in [0.05, 0.1) is 6.26 Å². The highest BCUT2D eigenvalue weighted by atomic mass is 35.5. The van der Waals surface area contributed by atoms with Gasteiger partial charge in [-0.05, 0) is 36.4 Å².